The second-order valence-corrected chi connectivity index (χ2v) is 6.80. The Labute approximate surface area is 162 Å². The molecular weight excluding hydrogens is 361 g/mol. The summed E-state index contributed by atoms with van der Waals surface area (Å²) in [5, 5.41) is 5.53. The summed E-state index contributed by atoms with van der Waals surface area (Å²) in [6, 6.07) is 13.1. The summed E-state index contributed by atoms with van der Waals surface area (Å²) < 4.78 is 12.9. The summed E-state index contributed by atoms with van der Waals surface area (Å²) in [6.07, 6.45) is 0.761. The highest BCUT2D eigenvalue weighted by molar-refractivity contribution is 6.00. The van der Waals surface area contributed by atoms with Gasteiger partial charge in [-0.3, -0.25) is 14.4 Å². The molecule has 1 unspecified atom stereocenters. The van der Waals surface area contributed by atoms with Gasteiger partial charge in [-0.25, -0.2) is 4.39 Å². The topological polar surface area (TPSA) is 78.5 Å². The lowest BCUT2D eigenvalue weighted by molar-refractivity contribution is -0.126. The fourth-order valence-corrected chi connectivity index (χ4v) is 3.19. The van der Waals surface area contributed by atoms with Crippen molar-refractivity contribution in [3.63, 3.8) is 0 Å². The van der Waals surface area contributed by atoms with Gasteiger partial charge >= 0.3 is 0 Å². The maximum Gasteiger partial charge on any atom is 0.227 e. The summed E-state index contributed by atoms with van der Waals surface area (Å²) in [5.41, 5.74) is 2.28. The SMILES string of the molecule is CC(=O)Nc1ccc(N2CC(C(=O)NCCc3ccc(F)cc3)CC2=O)cc1. The first kappa shape index (κ1) is 19.5. The number of rotatable bonds is 6. The standard InChI is InChI=1S/C21H22FN3O3/c1-14(26)24-18-6-8-19(9-7-18)25-13-16(12-20(25)27)21(28)23-11-10-15-2-4-17(22)5-3-15/h2-9,16H,10-13H2,1H3,(H,23,28)(H,24,26). The van der Waals surface area contributed by atoms with Gasteiger partial charge in [-0.1, -0.05) is 12.1 Å². The predicted molar refractivity (Wildman–Crippen MR) is 104 cm³/mol. The monoisotopic (exact) mass is 383 g/mol. The molecule has 1 heterocycles. The Balaban J connectivity index is 1.52. The minimum atomic E-state index is -0.407. The van der Waals surface area contributed by atoms with Crippen LogP contribution in [0.2, 0.25) is 0 Å². The van der Waals surface area contributed by atoms with Gasteiger partial charge in [-0.2, -0.15) is 0 Å². The van der Waals surface area contributed by atoms with Crippen molar-refractivity contribution in [2.75, 3.05) is 23.3 Å². The van der Waals surface area contributed by atoms with Gasteiger partial charge in [-0.15, -0.1) is 0 Å². The Kier molecular flexibility index (Phi) is 6.03. The van der Waals surface area contributed by atoms with Gasteiger partial charge in [0.15, 0.2) is 0 Å². The smallest absolute Gasteiger partial charge is 0.227 e. The van der Waals surface area contributed by atoms with E-state index < -0.39 is 5.92 Å². The molecule has 0 radical (unpaired) electrons. The van der Waals surface area contributed by atoms with Crippen LogP contribution in [0.4, 0.5) is 15.8 Å². The normalized spacial score (nSPS) is 16.1. The van der Waals surface area contributed by atoms with Crippen LogP contribution in [0.3, 0.4) is 0 Å². The zero-order chi connectivity index (χ0) is 20.1. The Morgan fingerprint density at radius 1 is 1.11 bits per heavy atom. The number of anilines is 2. The van der Waals surface area contributed by atoms with Crippen LogP contribution in [0.25, 0.3) is 0 Å². The molecule has 7 heteroatoms. The predicted octanol–water partition coefficient (Wildman–Crippen LogP) is 2.50. The maximum absolute atomic E-state index is 12.9. The van der Waals surface area contributed by atoms with Crippen molar-refractivity contribution in [2.24, 2.45) is 5.92 Å². The van der Waals surface area contributed by atoms with Crippen molar-refractivity contribution in [3.8, 4) is 0 Å². The van der Waals surface area contributed by atoms with Crippen LogP contribution in [0.15, 0.2) is 48.5 Å². The Hall–Kier alpha value is -3.22. The molecule has 28 heavy (non-hydrogen) atoms. The number of benzene rings is 2. The molecule has 0 aliphatic carbocycles. The van der Waals surface area contributed by atoms with Crippen LogP contribution < -0.4 is 15.5 Å². The first-order chi connectivity index (χ1) is 13.4. The van der Waals surface area contributed by atoms with E-state index in [1.54, 1.807) is 41.3 Å². The van der Waals surface area contributed by atoms with Gasteiger partial charge in [0.2, 0.25) is 17.7 Å². The molecule has 2 aromatic carbocycles. The van der Waals surface area contributed by atoms with E-state index in [0.29, 0.717) is 30.9 Å². The highest BCUT2D eigenvalue weighted by atomic mass is 19.1. The number of carbonyl (C=O) groups is 3. The van der Waals surface area contributed by atoms with Crippen molar-refractivity contribution in [1.82, 2.24) is 5.32 Å². The minimum absolute atomic E-state index is 0.106. The van der Waals surface area contributed by atoms with Crippen molar-refractivity contribution < 1.29 is 18.8 Å². The second kappa shape index (κ2) is 8.65. The molecule has 1 aliphatic heterocycles. The van der Waals surface area contributed by atoms with E-state index in [1.165, 1.54) is 19.1 Å². The maximum atomic E-state index is 12.9. The summed E-state index contributed by atoms with van der Waals surface area (Å²) in [6.45, 7) is 2.18. The van der Waals surface area contributed by atoms with Crippen molar-refractivity contribution in [1.29, 1.82) is 0 Å². The third-order valence-electron chi connectivity index (χ3n) is 4.62. The van der Waals surface area contributed by atoms with Crippen LogP contribution in [-0.4, -0.2) is 30.8 Å². The van der Waals surface area contributed by atoms with Crippen LogP contribution in [0.5, 0.6) is 0 Å². The summed E-state index contributed by atoms with van der Waals surface area (Å²) in [5.74, 6) is -1.13. The molecule has 1 saturated heterocycles. The molecule has 3 amide bonds. The van der Waals surface area contributed by atoms with Gasteiger partial charge in [0, 0.05) is 37.8 Å². The van der Waals surface area contributed by atoms with E-state index in [2.05, 4.69) is 10.6 Å². The largest absolute Gasteiger partial charge is 0.355 e. The minimum Gasteiger partial charge on any atom is -0.355 e. The van der Waals surface area contributed by atoms with E-state index in [0.717, 1.165) is 5.56 Å². The fraction of sp³-hybridized carbons (Fsp3) is 0.286. The zero-order valence-corrected chi connectivity index (χ0v) is 15.6. The molecule has 146 valence electrons. The summed E-state index contributed by atoms with van der Waals surface area (Å²) >= 11 is 0. The molecule has 2 N–H and O–H groups in total. The molecule has 3 rings (SSSR count). The molecule has 2 aromatic rings. The number of hydrogen-bond acceptors (Lipinski definition) is 3. The Morgan fingerprint density at radius 2 is 1.79 bits per heavy atom. The van der Waals surface area contributed by atoms with Crippen LogP contribution in [-0.2, 0) is 20.8 Å². The molecule has 0 saturated carbocycles. The van der Waals surface area contributed by atoms with Gasteiger partial charge < -0.3 is 15.5 Å². The average Bonchev–Trinajstić information content (AvgIpc) is 3.05. The lowest BCUT2D eigenvalue weighted by Crippen LogP contribution is -2.34. The number of hydrogen-bond donors (Lipinski definition) is 2. The molecule has 0 spiro atoms. The summed E-state index contributed by atoms with van der Waals surface area (Å²) in [4.78, 5) is 37.4. The number of carbonyl (C=O) groups excluding carboxylic acids is 3. The molecule has 1 aliphatic rings. The molecule has 0 aromatic heterocycles. The van der Waals surface area contributed by atoms with Crippen LogP contribution in [0, 0.1) is 11.7 Å². The van der Waals surface area contributed by atoms with Gasteiger partial charge in [0.25, 0.3) is 0 Å². The average molecular weight is 383 g/mol. The summed E-state index contributed by atoms with van der Waals surface area (Å²) in [7, 11) is 0. The van der Waals surface area contributed by atoms with Gasteiger partial charge in [0.1, 0.15) is 5.82 Å². The Morgan fingerprint density at radius 3 is 2.43 bits per heavy atom. The Bertz CT molecular complexity index is 865. The zero-order valence-electron chi connectivity index (χ0n) is 15.6. The second-order valence-electron chi connectivity index (χ2n) is 6.80. The van der Waals surface area contributed by atoms with Crippen molar-refractivity contribution in [3.05, 3.63) is 59.9 Å². The lowest BCUT2D eigenvalue weighted by Gasteiger charge is -2.17. The van der Waals surface area contributed by atoms with Crippen molar-refractivity contribution >= 4 is 29.1 Å². The first-order valence-electron chi connectivity index (χ1n) is 9.12. The molecule has 0 bridgehead atoms. The molecule has 1 fully saturated rings. The van der Waals surface area contributed by atoms with Crippen LogP contribution in [0.1, 0.15) is 18.9 Å². The highest BCUT2D eigenvalue weighted by Crippen LogP contribution is 2.26. The van der Waals surface area contributed by atoms with Gasteiger partial charge in [0.05, 0.1) is 5.92 Å². The molecular formula is C21H22FN3O3. The molecule has 6 nitrogen and oxygen atoms in total. The third-order valence-corrected chi connectivity index (χ3v) is 4.62. The number of nitrogens with zero attached hydrogens (tertiary/aromatic N) is 1. The fourth-order valence-electron chi connectivity index (χ4n) is 3.19. The number of halogens is 1. The van der Waals surface area contributed by atoms with E-state index in [4.69, 9.17) is 0 Å². The quantitative estimate of drug-likeness (QED) is 0.805. The van der Waals surface area contributed by atoms with E-state index in [-0.39, 0.29) is 30.0 Å². The lowest BCUT2D eigenvalue weighted by atomic mass is 10.1. The van der Waals surface area contributed by atoms with Crippen LogP contribution >= 0.6 is 0 Å². The number of nitrogens with one attached hydrogen (secondary N) is 2. The van der Waals surface area contributed by atoms with E-state index >= 15 is 0 Å². The third kappa shape index (κ3) is 4.94. The highest BCUT2D eigenvalue weighted by Gasteiger charge is 2.34. The number of amides is 3. The first-order valence-corrected chi connectivity index (χ1v) is 9.12. The van der Waals surface area contributed by atoms with E-state index in [1.807, 2.05) is 0 Å². The van der Waals surface area contributed by atoms with E-state index in [9.17, 15) is 18.8 Å². The van der Waals surface area contributed by atoms with Crippen molar-refractivity contribution in [2.45, 2.75) is 19.8 Å². The molecule has 1 atom stereocenters. The van der Waals surface area contributed by atoms with Gasteiger partial charge in [-0.05, 0) is 48.4 Å².